The average Bonchev–Trinajstić information content (AvgIpc) is 2.47. The fraction of sp³-hybridized carbons (Fsp3) is 0.571. The molecule has 21 heavy (non-hydrogen) atoms. The molecule has 0 atom stereocenters. The van der Waals surface area contributed by atoms with Crippen molar-refractivity contribution in [2.75, 3.05) is 13.1 Å². The number of likely N-dealkylation sites (tertiary alicyclic amines) is 1. The zero-order valence-corrected chi connectivity index (χ0v) is 12.9. The molecule has 6 nitrogen and oxygen atoms in total. The summed E-state index contributed by atoms with van der Waals surface area (Å²) in [6, 6.07) is 0. The second kappa shape index (κ2) is 6.39. The molecule has 1 aromatic rings. The van der Waals surface area contributed by atoms with Crippen LogP contribution in [0.25, 0.3) is 0 Å². The van der Waals surface area contributed by atoms with Gasteiger partial charge in [0.1, 0.15) is 5.82 Å². The third-order valence-corrected chi connectivity index (χ3v) is 3.94. The SMILES string of the molecule is CC(C)c1ncc(Cl)c(C(=O)N2CCC(C(N)=O)CC2)n1. The molecule has 0 aromatic carbocycles. The van der Waals surface area contributed by atoms with Gasteiger partial charge < -0.3 is 10.6 Å². The molecule has 1 aromatic heterocycles. The van der Waals surface area contributed by atoms with E-state index >= 15 is 0 Å². The van der Waals surface area contributed by atoms with E-state index in [-0.39, 0.29) is 34.4 Å². The fourth-order valence-electron chi connectivity index (χ4n) is 2.33. The van der Waals surface area contributed by atoms with Gasteiger partial charge in [-0.05, 0) is 12.8 Å². The van der Waals surface area contributed by atoms with Crippen LogP contribution in [-0.2, 0) is 4.79 Å². The highest BCUT2D eigenvalue weighted by Gasteiger charge is 2.28. The first-order valence-electron chi connectivity index (χ1n) is 7.01. The summed E-state index contributed by atoms with van der Waals surface area (Å²) in [7, 11) is 0. The number of amides is 2. The predicted molar refractivity (Wildman–Crippen MR) is 79.0 cm³/mol. The average molecular weight is 311 g/mol. The highest BCUT2D eigenvalue weighted by molar-refractivity contribution is 6.33. The third-order valence-electron chi connectivity index (χ3n) is 3.67. The van der Waals surface area contributed by atoms with E-state index in [2.05, 4.69) is 9.97 Å². The number of piperidine rings is 1. The van der Waals surface area contributed by atoms with E-state index in [0.29, 0.717) is 31.8 Å². The smallest absolute Gasteiger partial charge is 0.274 e. The molecule has 1 aliphatic rings. The van der Waals surface area contributed by atoms with Crippen molar-refractivity contribution in [3.05, 3.63) is 22.7 Å². The number of hydrogen-bond acceptors (Lipinski definition) is 4. The summed E-state index contributed by atoms with van der Waals surface area (Å²) in [6.45, 7) is 4.89. The number of rotatable bonds is 3. The maximum absolute atomic E-state index is 12.5. The number of aromatic nitrogens is 2. The van der Waals surface area contributed by atoms with Crippen LogP contribution in [0.4, 0.5) is 0 Å². The minimum absolute atomic E-state index is 0.120. The lowest BCUT2D eigenvalue weighted by Crippen LogP contribution is -2.42. The van der Waals surface area contributed by atoms with Crippen molar-refractivity contribution in [2.45, 2.75) is 32.6 Å². The van der Waals surface area contributed by atoms with Crippen LogP contribution in [0, 0.1) is 5.92 Å². The fourth-order valence-corrected chi connectivity index (χ4v) is 2.50. The molecule has 1 aliphatic heterocycles. The monoisotopic (exact) mass is 310 g/mol. The lowest BCUT2D eigenvalue weighted by molar-refractivity contribution is -0.123. The molecule has 2 rings (SSSR count). The molecule has 2 N–H and O–H groups in total. The summed E-state index contributed by atoms with van der Waals surface area (Å²) in [4.78, 5) is 33.7. The Hall–Kier alpha value is -1.69. The predicted octanol–water partition coefficient (Wildman–Crippen LogP) is 1.59. The van der Waals surface area contributed by atoms with Crippen molar-refractivity contribution in [1.29, 1.82) is 0 Å². The summed E-state index contributed by atoms with van der Waals surface area (Å²) in [5, 5.41) is 0.251. The van der Waals surface area contributed by atoms with Crippen molar-refractivity contribution in [3.8, 4) is 0 Å². The largest absolute Gasteiger partial charge is 0.369 e. The van der Waals surface area contributed by atoms with Crippen molar-refractivity contribution < 1.29 is 9.59 Å². The normalized spacial score (nSPS) is 16.3. The number of hydrogen-bond donors (Lipinski definition) is 1. The van der Waals surface area contributed by atoms with Crippen LogP contribution in [0.3, 0.4) is 0 Å². The number of carbonyl (C=O) groups is 2. The minimum Gasteiger partial charge on any atom is -0.369 e. The van der Waals surface area contributed by atoms with Gasteiger partial charge in [-0.2, -0.15) is 0 Å². The quantitative estimate of drug-likeness (QED) is 0.918. The molecule has 0 bridgehead atoms. The van der Waals surface area contributed by atoms with Gasteiger partial charge in [0.2, 0.25) is 5.91 Å². The van der Waals surface area contributed by atoms with Crippen molar-refractivity contribution in [1.82, 2.24) is 14.9 Å². The summed E-state index contributed by atoms with van der Waals surface area (Å²) >= 11 is 6.05. The van der Waals surface area contributed by atoms with E-state index in [1.54, 1.807) is 4.90 Å². The van der Waals surface area contributed by atoms with Crippen LogP contribution in [-0.4, -0.2) is 39.8 Å². The zero-order chi connectivity index (χ0) is 15.6. The topological polar surface area (TPSA) is 89.2 Å². The molecule has 0 spiro atoms. The van der Waals surface area contributed by atoms with Crippen LogP contribution in [0.5, 0.6) is 0 Å². The van der Waals surface area contributed by atoms with Gasteiger partial charge in [-0.25, -0.2) is 9.97 Å². The second-order valence-corrected chi connectivity index (χ2v) is 5.96. The van der Waals surface area contributed by atoms with Crippen molar-refractivity contribution >= 4 is 23.4 Å². The van der Waals surface area contributed by atoms with Crippen LogP contribution >= 0.6 is 11.6 Å². The van der Waals surface area contributed by atoms with Gasteiger partial charge in [0.05, 0.1) is 11.2 Å². The molecular formula is C14H19ClN4O2. The third kappa shape index (κ3) is 3.50. The van der Waals surface area contributed by atoms with Gasteiger partial charge >= 0.3 is 0 Å². The Kier molecular flexibility index (Phi) is 4.77. The summed E-state index contributed by atoms with van der Waals surface area (Å²) in [6.07, 6.45) is 2.63. The van der Waals surface area contributed by atoms with Gasteiger partial charge in [0.25, 0.3) is 5.91 Å². The summed E-state index contributed by atoms with van der Waals surface area (Å²) < 4.78 is 0. The van der Waals surface area contributed by atoms with E-state index in [1.165, 1.54) is 6.20 Å². The van der Waals surface area contributed by atoms with E-state index in [0.717, 1.165) is 0 Å². The van der Waals surface area contributed by atoms with E-state index in [4.69, 9.17) is 17.3 Å². The Morgan fingerprint density at radius 2 is 2.00 bits per heavy atom. The molecular weight excluding hydrogens is 292 g/mol. The first-order chi connectivity index (χ1) is 9.90. The van der Waals surface area contributed by atoms with Gasteiger partial charge in [0, 0.05) is 24.9 Å². The van der Waals surface area contributed by atoms with Gasteiger partial charge in [-0.1, -0.05) is 25.4 Å². The Balaban J connectivity index is 2.14. The van der Waals surface area contributed by atoms with E-state index in [9.17, 15) is 9.59 Å². The van der Waals surface area contributed by atoms with Crippen LogP contribution in [0.2, 0.25) is 5.02 Å². The number of halogens is 1. The van der Waals surface area contributed by atoms with Gasteiger partial charge in [-0.15, -0.1) is 0 Å². The molecule has 114 valence electrons. The molecule has 2 heterocycles. The Bertz CT molecular complexity index is 554. The molecule has 0 unspecified atom stereocenters. The van der Waals surface area contributed by atoms with Gasteiger partial charge in [-0.3, -0.25) is 9.59 Å². The first kappa shape index (κ1) is 15.7. The number of nitrogens with zero attached hydrogens (tertiary/aromatic N) is 3. The molecule has 0 saturated carbocycles. The number of nitrogens with two attached hydrogens (primary N) is 1. The van der Waals surface area contributed by atoms with E-state index in [1.807, 2.05) is 13.8 Å². The highest BCUT2D eigenvalue weighted by atomic mass is 35.5. The van der Waals surface area contributed by atoms with Gasteiger partial charge in [0.15, 0.2) is 5.69 Å². The molecule has 2 amide bonds. The lowest BCUT2D eigenvalue weighted by atomic mass is 9.96. The molecule has 0 aliphatic carbocycles. The molecule has 0 radical (unpaired) electrons. The number of carbonyl (C=O) groups excluding carboxylic acids is 2. The standard InChI is InChI=1S/C14H19ClN4O2/c1-8(2)13-17-7-10(15)11(18-13)14(21)19-5-3-9(4-6-19)12(16)20/h7-9H,3-6H2,1-2H3,(H2,16,20). The summed E-state index contributed by atoms with van der Waals surface area (Å²) in [5.74, 6) is 0.0433. The summed E-state index contributed by atoms with van der Waals surface area (Å²) in [5.41, 5.74) is 5.52. The zero-order valence-electron chi connectivity index (χ0n) is 12.2. The van der Waals surface area contributed by atoms with Crippen molar-refractivity contribution in [2.24, 2.45) is 11.7 Å². The maximum atomic E-state index is 12.5. The van der Waals surface area contributed by atoms with Crippen molar-refractivity contribution in [3.63, 3.8) is 0 Å². The molecule has 1 fully saturated rings. The van der Waals surface area contributed by atoms with Crippen LogP contribution in [0.15, 0.2) is 6.20 Å². The molecule has 7 heteroatoms. The molecule has 1 saturated heterocycles. The second-order valence-electron chi connectivity index (χ2n) is 5.55. The minimum atomic E-state index is -0.302. The Morgan fingerprint density at radius 3 is 2.52 bits per heavy atom. The van der Waals surface area contributed by atoms with Crippen LogP contribution in [0.1, 0.15) is 48.9 Å². The Morgan fingerprint density at radius 1 is 1.38 bits per heavy atom. The maximum Gasteiger partial charge on any atom is 0.274 e. The van der Waals surface area contributed by atoms with E-state index < -0.39 is 0 Å². The highest BCUT2D eigenvalue weighted by Crippen LogP contribution is 2.22. The number of primary amides is 1. The lowest BCUT2D eigenvalue weighted by Gasteiger charge is -2.30. The van der Waals surface area contributed by atoms with Crippen LogP contribution < -0.4 is 5.73 Å². The Labute approximate surface area is 128 Å². The first-order valence-corrected chi connectivity index (χ1v) is 7.39.